The van der Waals surface area contributed by atoms with Gasteiger partial charge in [0.15, 0.2) is 5.78 Å². The molecule has 1 aromatic heterocycles. The highest BCUT2D eigenvalue weighted by Gasteiger charge is 2.21. The first-order valence-corrected chi connectivity index (χ1v) is 7.22. The molecule has 5 heteroatoms. The highest BCUT2D eigenvalue weighted by molar-refractivity contribution is 7.99. The van der Waals surface area contributed by atoms with Crippen LogP contribution in [0.3, 0.4) is 0 Å². The number of thioether (sulfide) groups is 1. The summed E-state index contributed by atoms with van der Waals surface area (Å²) >= 11 is 1.97. The molecule has 90 valence electrons. The lowest BCUT2D eigenvalue weighted by molar-refractivity contribution is 0.0971. The van der Waals surface area contributed by atoms with Crippen molar-refractivity contribution < 1.29 is 4.79 Å². The molecule has 0 N–H and O–H groups in total. The van der Waals surface area contributed by atoms with Crippen molar-refractivity contribution >= 4 is 23.5 Å². The van der Waals surface area contributed by atoms with Crippen LogP contribution in [-0.4, -0.2) is 40.3 Å². The summed E-state index contributed by atoms with van der Waals surface area (Å²) in [7, 11) is 0. The molecular formula is C12H15N3OS. The first-order chi connectivity index (χ1) is 8.34. The first-order valence-electron chi connectivity index (χ1n) is 6.06. The fourth-order valence-electron chi connectivity index (χ4n) is 2.30. The van der Waals surface area contributed by atoms with Crippen LogP contribution in [0.4, 0.5) is 5.95 Å². The van der Waals surface area contributed by atoms with E-state index in [-0.39, 0.29) is 5.78 Å². The number of hydrogen-bond donors (Lipinski definition) is 0. The third-order valence-electron chi connectivity index (χ3n) is 3.27. The average molecular weight is 249 g/mol. The minimum atomic E-state index is 0.201. The van der Waals surface area contributed by atoms with Crippen LogP contribution in [0.5, 0.6) is 0 Å². The van der Waals surface area contributed by atoms with Crippen LogP contribution in [0.2, 0.25) is 0 Å². The Morgan fingerprint density at radius 2 is 2.06 bits per heavy atom. The van der Waals surface area contributed by atoms with Crippen LogP contribution < -0.4 is 4.90 Å². The van der Waals surface area contributed by atoms with E-state index in [1.165, 1.54) is 0 Å². The molecule has 0 aromatic carbocycles. The van der Waals surface area contributed by atoms with Gasteiger partial charge in [0.05, 0.1) is 11.3 Å². The lowest BCUT2D eigenvalue weighted by atomic mass is 9.96. The third kappa shape index (κ3) is 2.16. The van der Waals surface area contributed by atoms with Gasteiger partial charge in [0, 0.05) is 37.2 Å². The largest absolute Gasteiger partial charge is 0.339 e. The summed E-state index contributed by atoms with van der Waals surface area (Å²) in [6.45, 7) is 2.02. The minimum absolute atomic E-state index is 0.201. The van der Waals surface area contributed by atoms with E-state index < -0.39 is 0 Å². The zero-order valence-electron chi connectivity index (χ0n) is 9.69. The SMILES string of the molecule is O=C1CCCc2nc(N3CCSCC3)ncc21. The maximum atomic E-state index is 11.7. The summed E-state index contributed by atoms with van der Waals surface area (Å²) in [5, 5.41) is 0. The van der Waals surface area contributed by atoms with Crippen molar-refractivity contribution in [2.45, 2.75) is 19.3 Å². The van der Waals surface area contributed by atoms with Crippen LogP contribution in [0.1, 0.15) is 28.9 Å². The van der Waals surface area contributed by atoms with E-state index in [9.17, 15) is 4.79 Å². The second-order valence-electron chi connectivity index (χ2n) is 4.41. The molecule has 1 saturated heterocycles. The normalized spacial score (nSPS) is 20.2. The molecule has 2 heterocycles. The molecule has 0 spiro atoms. The van der Waals surface area contributed by atoms with Gasteiger partial charge in [0.1, 0.15) is 0 Å². The second-order valence-corrected chi connectivity index (χ2v) is 5.63. The van der Waals surface area contributed by atoms with Gasteiger partial charge in [-0.2, -0.15) is 11.8 Å². The van der Waals surface area contributed by atoms with E-state index in [0.29, 0.717) is 6.42 Å². The molecule has 0 radical (unpaired) electrons. The number of ketones is 1. The van der Waals surface area contributed by atoms with Gasteiger partial charge in [-0.1, -0.05) is 0 Å². The number of rotatable bonds is 1. The van der Waals surface area contributed by atoms with Crippen LogP contribution in [0, 0.1) is 0 Å². The van der Waals surface area contributed by atoms with Gasteiger partial charge >= 0.3 is 0 Å². The number of Topliss-reactive ketones (excluding diaryl/α,β-unsaturated/α-hetero) is 1. The summed E-state index contributed by atoms with van der Waals surface area (Å²) in [6.07, 6.45) is 4.22. The van der Waals surface area contributed by atoms with Gasteiger partial charge in [0.25, 0.3) is 0 Å². The van der Waals surface area contributed by atoms with Crippen molar-refractivity contribution in [2.24, 2.45) is 0 Å². The molecule has 4 nitrogen and oxygen atoms in total. The lowest BCUT2D eigenvalue weighted by Crippen LogP contribution is -2.34. The van der Waals surface area contributed by atoms with E-state index in [2.05, 4.69) is 14.9 Å². The quantitative estimate of drug-likeness (QED) is 0.755. The Hall–Kier alpha value is -1.10. The van der Waals surface area contributed by atoms with Crippen molar-refractivity contribution in [3.05, 3.63) is 17.5 Å². The second kappa shape index (κ2) is 4.64. The molecule has 1 aliphatic carbocycles. The van der Waals surface area contributed by atoms with E-state index in [0.717, 1.165) is 54.6 Å². The molecule has 0 atom stereocenters. The molecule has 0 bridgehead atoms. The molecule has 1 aliphatic heterocycles. The van der Waals surface area contributed by atoms with Crippen LogP contribution in [0.15, 0.2) is 6.20 Å². The van der Waals surface area contributed by atoms with E-state index in [1.807, 2.05) is 11.8 Å². The molecule has 0 unspecified atom stereocenters. The Bertz CT molecular complexity index is 443. The maximum absolute atomic E-state index is 11.7. The Morgan fingerprint density at radius 3 is 2.88 bits per heavy atom. The first kappa shape index (κ1) is 11.0. The van der Waals surface area contributed by atoms with Gasteiger partial charge in [0.2, 0.25) is 5.95 Å². The Kier molecular flexibility index (Phi) is 3.01. The van der Waals surface area contributed by atoms with E-state index >= 15 is 0 Å². The molecule has 1 aromatic rings. The number of anilines is 1. The van der Waals surface area contributed by atoms with Crippen LogP contribution >= 0.6 is 11.8 Å². The zero-order valence-corrected chi connectivity index (χ0v) is 10.5. The topological polar surface area (TPSA) is 46.1 Å². The molecular weight excluding hydrogens is 234 g/mol. The highest BCUT2D eigenvalue weighted by Crippen LogP contribution is 2.22. The number of carbonyl (C=O) groups excluding carboxylic acids is 1. The zero-order chi connectivity index (χ0) is 11.7. The number of aryl methyl sites for hydroxylation is 1. The predicted molar refractivity (Wildman–Crippen MR) is 68.8 cm³/mol. The van der Waals surface area contributed by atoms with Gasteiger partial charge < -0.3 is 4.90 Å². The van der Waals surface area contributed by atoms with Crippen LogP contribution in [-0.2, 0) is 6.42 Å². The summed E-state index contributed by atoms with van der Waals surface area (Å²) < 4.78 is 0. The van der Waals surface area contributed by atoms with Crippen molar-refractivity contribution in [3.63, 3.8) is 0 Å². The lowest BCUT2D eigenvalue weighted by Gasteiger charge is -2.27. The number of fused-ring (bicyclic) bond motifs is 1. The van der Waals surface area contributed by atoms with Crippen molar-refractivity contribution in [2.75, 3.05) is 29.5 Å². The van der Waals surface area contributed by atoms with Gasteiger partial charge in [-0.15, -0.1) is 0 Å². The van der Waals surface area contributed by atoms with Crippen LogP contribution in [0.25, 0.3) is 0 Å². The summed E-state index contributed by atoms with van der Waals surface area (Å²) in [4.78, 5) is 22.8. The minimum Gasteiger partial charge on any atom is -0.339 e. The Morgan fingerprint density at radius 1 is 1.24 bits per heavy atom. The smallest absolute Gasteiger partial charge is 0.225 e. The number of aromatic nitrogens is 2. The highest BCUT2D eigenvalue weighted by atomic mass is 32.2. The maximum Gasteiger partial charge on any atom is 0.225 e. The standard InChI is InChI=1S/C12H15N3OS/c16-11-3-1-2-10-9(11)8-13-12(14-10)15-4-6-17-7-5-15/h8H,1-7H2. The summed E-state index contributed by atoms with van der Waals surface area (Å²) in [5.41, 5.74) is 1.69. The fraction of sp³-hybridized carbons (Fsp3) is 0.583. The molecule has 17 heavy (non-hydrogen) atoms. The van der Waals surface area contributed by atoms with Gasteiger partial charge in [-0.3, -0.25) is 4.79 Å². The Balaban J connectivity index is 1.89. The number of carbonyl (C=O) groups is 1. The van der Waals surface area contributed by atoms with Crippen molar-refractivity contribution in [3.8, 4) is 0 Å². The van der Waals surface area contributed by atoms with Crippen molar-refractivity contribution in [1.29, 1.82) is 0 Å². The molecule has 1 fully saturated rings. The molecule has 0 amide bonds. The van der Waals surface area contributed by atoms with Gasteiger partial charge in [-0.25, -0.2) is 9.97 Å². The average Bonchev–Trinajstić information content (AvgIpc) is 2.40. The number of nitrogens with zero attached hydrogens (tertiary/aromatic N) is 3. The Labute approximate surface area is 105 Å². The monoisotopic (exact) mass is 249 g/mol. The molecule has 0 saturated carbocycles. The third-order valence-corrected chi connectivity index (χ3v) is 4.21. The van der Waals surface area contributed by atoms with E-state index in [4.69, 9.17) is 0 Å². The summed E-state index contributed by atoms with van der Waals surface area (Å²) in [6, 6.07) is 0. The summed E-state index contributed by atoms with van der Waals surface area (Å²) in [5.74, 6) is 3.28. The molecule has 2 aliphatic rings. The van der Waals surface area contributed by atoms with Gasteiger partial charge in [-0.05, 0) is 12.8 Å². The fourth-order valence-corrected chi connectivity index (χ4v) is 3.20. The predicted octanol–water partition coefficient (Wildman–Crippen LogP) is 1.55. The number of hydrogen-bond acceptors (Lipinski definition) is 5. The molecule has 3 rings (SSSR count). The van der Waals surface area contributed by atoms with Crippen molar-refractivity contribution in [1.82, 2.24) is 9.97 Å². The van der Waals surface area contributed by atoms with E-state index in [1.54, 1.807) is 6.20 Å².